The van der Waals surface area contributed by atoms with E-state index in [1.54, 1.807) is 0 Å². The van der Waals surface area contributed by atoms with Gasteiger partial charge in [-0.05, 0) is 6.42 Å². The fraction of sp³-hybridized carbons (Fsp3) is 0.889. The standard InChI is InChI=1S/C9H16O3/c1-3-4-7-11-9(2)6-5-8(10)12-9/h3-7H2,1-2H3/t9-/m0/s1. The summed E-state index contributed by atoms with van der Waals surface area (Å²) in [5.74, 6) is -0.777. The molecule has 12 heavy (non-hydrogen) atoms. The summed E-state index contributed by atoms with van der Waals surface area (Å²) in [6.45, 7) is 4.61. The number of esters is 1. The Hall–Kier alpha value is -0.570. The van der Waals surface area contributed by atoms with E-state index in [-0.39, 0.29) is 5.97 Å². The molecule has 3 heteroatoms. The second-order valence-electron chi connectivity index (χ2n) is 3.31. The average Bonchev–Trinajstić information content (AvgIpc) is 2.32. The fourth-order valence-electron chi connectivity index (χ4n) is 1.21. The molecule has 3 nitrogen and oxygen atoms in total. The van der Waals surface area contributed by atoms with Crippen molar-refractivity contribution in [1.29, 1.82) is 0 Å². The van der Waals surface area contributed by atoms with Crippen molar-refractivity contribution >= 4 is 5.97 Å². The summed E-state index contributed by atoms with van der Waals surface area (Å²) in [5.41, 5.74) is 0. The minimum absolute atomic E-state index is 0.144. The van der Waals surface area contributed by atoms with E-state index in [1.807, 2.05) is 6.92 Å². The molecule has 1 saturated heterocycles. The first kappa shape index (κ1) is 9.52. The molecule has 0 unspecified atom stereocenters. The van der Waals surface area contributed by atoms with Crippen LogP contribution in [-0.4, -0.2) is 18.4 Å². The molecule has 1 aliphatic rings. The smallest absolute Gasteiger partial charge is 0.308 e. The normalized spacial score (nSPS) is 29.0. The molecule has 1 aliphatic heterocycles. The molecule has 1 fully saturated rings. The van der Waals surface area contributed by atoms with Crippen LogP contribution in [0.1, 0.15) is 39.5 Å². The predicted octanol–water partition coefficient (Wildman–Crippen LogP) is 1.86. The molecule has 1 atom stereocenters. The van der Waals surface area contributed by atoms with Crippen LogP contribution in [0.3, 0.4) is 0 Å². The van der Waals surface area contributed by atoms with Gasteiger partial charge in [-0.15, -0.1) is 0 Å². The summed E-state index contributed by atoms with van der Waals surface area (Å²) in [6, 6.07) is 0. The maximum absolute atomic E-state index is 10.8. The summed E-state index contributed by atoms with van der Waals surface area (Å²) < 4.78 is 10.5. The molecule has 0 saturated carbocycles. The molecule has 0 spiro atoms. The molecular weight excluding hydrogens is 156 g/mol. The van der Waals surface area contributed by atoms with E-state index in [0.717, 1.165) is 12.8 Å². The van der Waals surface area contributed by atoms with Crippen LogP contribution in [0.25, 0.3) is 0 Å². The minimum atomic E-state index is -0.633. The largest absolute Gasteiger partial charge is 0.433 e. The summed E-state index contributed by atoms with van der Waals surface area (Å²) in [4.78, 5) is 10.8. The number of carbonyl (C=O) groups excluding carboxylic acids is 1. The van der Waals surface area contributed by atoms with Crippen molar-refractivity contribution in [3.63, 3.8) is 0 Å². The number of cyclic esters (lactones) is 1. The Bertz CT molecular complexity index is 167. The lowest BCUT2D eigenvalue weighted by molar-refractivity contribution is -0.203. The Kier molecular flexibility index (Phi) is 3.09. The van der Waals surface area contributed by atoms with Crippen molar-refractivity contribution in [2.75, 3.05) is 6.61 Å². The van der Waals surface area contributed by atoms with Crippen LogP contribution in [0.2, 0.25) is 0 Å². The van der Waals surface area contributed by atoms with Gasteiger partial charge < -0.3 is 9.47 Å². The van der Waals surface area contributed by atoms with Crippen LogP contribution in [0.15, 0.2) is 0 Å². The van der Waals surface area contributed by atoms with Gasteiger partial charge in [0.2, 0.25) is 5.79 Å². The zero-order valence-electron chi connectivity index (χ0n) is 7.76. The van der Waals surface area contributed by atoms with Gasteiger partial charge in [0, 0.05) is 13.3 Å². The van der Waals surface area contributed by atoms with Gasteiger partial charge in [-0.1, -0.05) is 13.3 Å². The molecular formula is C9H16O3. The lowest BCUT2D eigenvalue weighted by Crippen LogP contribution is -2.28. The maximum Gasteiger partial charge on any atom is 0.308 e. The van der Waals surface area contributed by atoms with Crippen molar-refractivity contribution in [2.24, 2.45) is 0 Å². The molecule has 1 rings (SSSR count). The van der Waals surface area contributed by atoms with Crippen LogP contribution in [0, 0.1) is 0 Å². The Labute approximate surface area is 73.0 Å². The van der Waals surface area contributed by atoms with Crippen molar-refractivity contribution < 1.29 is 14.3 Å². The monoisotopic (exact) mass is 172 g/mol. The van der Waals surface area contributed by atoms with Gasteiger partial charge in [0.05, 0.1) is 13.0 Å². The number of hydrogen-bond acceptors (Lipinski definition) is 3. The van der Waals surface area contributed by atoms with Crippen LogP contribution in [0.4, 0.5) is 0 Å². The summed E-state index contributed by atoms with van der Waals surface area (Å²) in [6.07, 6.45) is 3.30. The summed E-state index contributed by atoms with van der Waals surface area (Å²) in [7, 11) is 0. The molecule has 0 aromatic rings. The quantitative estimate of drug-likeness (QED) is 0.479. The predicted molar refractivity (Wildman–Crippen MR) is 44.6 cm³/mol. The number of unbranched alkanes of at least 4 members (excludes halogenated alkanes) is 1. The number of carbonyl (C=O) groups is 1. The highest BCUT2D eigenvalue weighted by Gasteiger charge is 2.36. The average molecular weight is 172 g/mol. The number of rotatable bonds is 4. The highest BCUT2D eigenvalue weighted by atomic mass is 16.7. The molecule has 0 aliphatic carbocycles. The third-order valence-electron chi connectivity index (χ3n) is 2.02. The van der Waals surface area contributed by atoms with E-state index in [1.165, 1.54) is 0 Å². The van der Waals surface area contributed by atoms with Crippen LogP contribution >= 0.6 is 0 Å². The molecule has 0 amide bonds. The first-order valence-electron chi connectivity index (χ1n) is 4.52. The van der Waals surface area contributed by atoms with Gasteiger partial charge in [-0.3, -0.25) is 4.79 Å². The zero-order chi connectivity index (χ0) is 9.03. The summed E-state index contributed by atoms with van der Waals surface area (Å²) in [5, 5.41) is 0. The first-order valence-corrected chi connectivity index (χ1v) is 4.52. The minimum Gasteiger partial charge on any atom is -0.433 e. The summed E-state index contributed by atoms with van der Waals surface area (Å²) >= 11 is 0. The lowest BCUT2D eigenvalue weighted by Gasteiger charge is -2.22. The molecule has 0 bridgehead atoms. The second-order valence-corrected chi connectivity index (χ2v) is 3.31. The Morgan fingerprint density at radius 2 is 2.42 bits per heavy atom. The molecule has 0 radical (unpaired) electrons. The fourth-order valence-corrected chi connectivity index (χ4v) is 1.21. The highest BCUT2D eigenvalue weighted by Crippen LogP contribution is 2.27. The van der Waals surface area contributed by atoms with Gasteiger partial charge >= 0.3 is 5.97 Å². The van der Waals surface area contributed by atoms with Gasteiger partial charge in [0.15, 0.2) is 0 Å². The third-order valence-corrected chi connectivity index (χ3v) is 2.02. The van der Waals surface area contributed by atoms with Crippen molar-refractivity contribution in [3.05, 3.63) is 0 Å². The highest BCUT2D eigenvalue weighted by molar-refractivity contribution is 5.71. The SMILES string of the molecule is CCCCO[C@]1(C)CCC(=O)O1. The Balaban J connectivity index is 2.25. The van der Waals surface area contributed by atoms with E-state index < -0.39 is 5.79 Å². The van der Waals surface area contributed by atoms with Gasteiger partial charge in [0.1, 0.15) is 0 Å². The number of ether oxygens (including phenoxy) is 2. The second kappa shape index (κ2) is 3.90. The number of hydrogen-bond donors (Lipinski definition) is 0. The van der Waals surface area contributed by atoms with E-state index in [9.17, 15) is 4.79 Å². The molecule has 70 valence electrons. The van der Waals surface area contributed by atoms with Crippen LogP contribution < -0.4 is 0 Å². The first-order chi connectivity index (χ1) is 5.66. The molecule has 0 N–H and O–H groups in total. The zero-order valence-corrected chi connectivity index (χ0v) is 7.76. The molecule has 1 heterocycles. The molecule has 0 aromatic heterocycles. The van der Waals surface area contributed by atoms with Crippen LogP contribution in [-0.2, 0) is 14.3 Å². The van der Waals surface area contributed by atoms with Crippen LogP contribution in [0.5, 0.6) is 0 Å². The molecule has 0 aromatic carbocycles. The third kappa shape index (κ3) is 2.48. The van der Waals surface area contributed by atoms with Gasteiger partial charge in [-0.25, -0.2) is 0 Å². The van der Waals surface area contributed by atoms with E-state index in [2.05, 4.69) is 6.92 Å². The Morgan fingerprint density at radius 1 is 1.67 bits per heavy atom. The maximum atomic E-state index is 10.8. The van der Waals surface area contributed by atoms with Crippen molar-refractivity contribution in [3.8, 4) is 0 Å². The van der Waals surface area contributed by atoms with E-state index >= 15 is 0 Å². The topological polar surface area (TPSA) is 35.5 Å². The Morgan fingerprint density at radius 3 is 2.92 bits per heavy atom. The van der Waals surface area contributed by atoms with Gasteiger partial charge in [0.25, 0.3) is 0 Å². The van der Waals surface area contributed by atoms with Crippen molar-refractivity contribution in [1.82, 2.24) is 0 Å². The van der Waals surface area contributed by atoms with E-state index in [0.29, 0.717) is 19.4 Å². The van der Waals surface area contributed by atoms with E-state index in [4.69, 9.17) is 9.47 Å². The lowest BCUT2D eigenvalue weighted by atomic mass is 10.2. The van der Waals surface area contributed by atoms with Crippen molar-refractivity contribution in [2.45, 2.75) is 45.3 Å². The van der Waals surface area contributed by atoms with Gasteiger partial charge in [-0.2, -0.15) is 0 Å².